The molecule has 0 aliphatic rings. The van der Waals surface area contributed by atoms with Crippen molar-refractivity contribution in [3.63, 3.8) is 0 Å². The zero-order valence-electron chi connectivity index (χ0n) is 29.2. The normalized spacial score (nSPS) is 15.0. The first-order valence-corrected chi connectivity index (χ1v) is 16.2. The summed E-state index contributed by atoms with van der Waals surface area (Å²) < 4.78 is 16.5. The van der Waals surface area contributed by atoms with E-state index in [0.717, 1.165) is 5.56 Å². The Kier molecular flexibility index (Phi) is 17.8. The quantitative estimate of drug-likeness (QED) is 0.0884. The number of nitrogens with two attached hydrogens (primary N) is 1. The number of carboxylic acids is 2. The maximum atomic E-state index is 13.3. The molecule has 0 fully saturated rings. The Labute approximate surface area is 278 Å². The van der Waals surface area contributed by atoms with Gasteiger partial charge in [-0.25, -0.2) is 0 Å². The summed E-state index contributed by atoms with van der Waals surface area (Å²) in [5.41, 5.74) is 5.41. The Morgan fingerprint density at radius 2 is 1.62 bits per heavy atom. The monoisotopic (exact) mass is 667 g/mol. The fraction of sp³-hybridized carbons (Fsp3) is 0.706. The molecule has 13 heteroatoms. The van der Waals surface area contributed by atoms with Crippen molar-refractivity contribution >= 4 is 23.8 Å². The third-order valence-electron chi connectivity index (χ3n) is 8.54. The predicted octanol–water partition coefficient (Wildman–Crippen LogP) is 2.85. The van der Waals surface area contributed by atoms with Gasteiger partial charge in [0.1, 0.15) is 6.04 Å². The number of rotatable bonds is 24. The summed E-state index contributed by atoms with van der Waals surface area (Å²) in [6, 6.07) is 3.32. The van der Waals surface area contributed by atoms with Crippen LogP contribution >= 0.6 is 0 Å². The van der Waals surface area contributed by atoms with Crippen molar-refractivity contribution in [2.75, 3.05) is 34.0 Å². The van der Waals surface area contributed by atoms with Crippen LogP contribution in [-0.2, 0) is 30.3 Å². The highest BCUT2D eigenvalue weighted by molar-refractivity contribution is 5.83. The number of ether oxygens (including phenoxy) is 3. The molecule has 0 aromatic heterocycles. The lowest BCUT2D eigenvalue weighted by Gasteiger charge is -2.34. The summed E-state index contributed by atoms with van der Waals surface area (Å²) >= 11 is 0. The van der Waals surface area contributed by atoms with Gasteiger partial charge in [0.05, 0.1) is 31.7 Å². The van der Waals surface area contributed by atoms with Gasteiger partial charge in [0.2, 0.25) is 11.8 Å². The second kappa shape index (κ2) is 20.1. The smallest absolute Gasteiger partial charge is 0.321 e. The molecule has 5 atom stereocenters. The second-order valence-electron chi connectivity index (χ2n) is 13.5. The van der Waals surface area contributed by atoms with Crippen LogP contribution in [0.25, 0.3) is 0 Å². The highest BCUT2D eigenvalue weighted by atomic mass is 16.5. The van der Waals surface area contributed by atoms with Gasteiger partial charge in [-0.15, -0.1) is 0 Å². The van der Waals surface area contributed by atoms with Crippen LogP contribution < -0.4 is 25.8 Å². The van der Waals surface area contributed by atoms with Gasteiger partial charge in [-0.1, -0.05) is 33.8 Å². The highest BCUT2D eigenvalue weighted by Gasteiger charge is 2.35. The minimum absolute atomic E-state index is 0.0111. The number of nitrogens with one attached hydrogen (secondary N) is 2. The van der Waals surface area contributed by atoms with Crippen LogP contribution in [0.1, 0.15) is 72.8 Å². The second-order valence-corrected chi connectivity index (χ2v) is 13.5. The number of carbonyl (C=O) groups is 4. The molecule has 0 aliphatic carbocycles. The zero-order valence-corrected chi connectivity index (χ0v) is 29.2. The Hall–Kier alpha value is -3.42. The van der Waals surface area contributed by atoms with E-state index in [9.17, 15) is 34.5 Å². The number of carbonyl (C=O) groups excluding carboxylic acids is 2. The molecule has 0 radical (unpaired) electrons. The molecular formula is C34H57N3O10. The van der Waals surface area contributed by atoms with Crippen molar-refractivity contribution in [1.82, 2.24) is 10.6 Å². The van der Waals surface area contributed by atoms with Crippen LogP contribution in [0, 0.1) is 29.1 Å². The number of aliphatic hydroxyl groups excluding tert-OH is 1. The van der Waals surface area contributed by atoms with Crippen LogP contribution in [0.15, 0.2) is 18.2 Å². The molecule has 0 spiro atoms. The van der Waals surface area contributed by atoms with E-state index in [1.165, 1.54) is 0 Å². The lowest BCUT2D eigenvalue weighted by molar-refractivity contribution is -0.146. The van der Waals surface area contributed by atoms with E-state index in [1.807, 2.05) is 45.9 Å². The number of aliphatic carboxylic acids is 2. The molecule has 1 unspecified atom stereocenters. The van der Waals surface area contributed by atoms with E-state index in [4.69, 9.17) is 19.9 Å². The van der Waals surface area contributed by atoms with Gasteiger partial charge in [-0.2, -0.15) is 0 Å². The van der Waals surface area contributed by atoms with Gasteiger partial charge >= 0.3 is 11.9 Å². The summed E-state index contributed by atoms with van der Waals surface area (Å²) in [5, 5.41) is 36.5. The average Bonchev–Trinajstić information content (AvgIpc) is 2.98. The predicted molar refractivity (Wildman–Crippen MR) is 177 cm³/mol. The third kappa shape index (κ3) is 14.5. The molecule has 0 heterocycles. The number of hydrogen-bond acceptors (Lipinski definition) is 9. The van der Waals surface area contributed by atoms with Crippen molar-refractivity contribution < 1.29 is 48.7 Å². The van der Waals surface area contributed by atoms with Crippen LogP contribution in [0.2, 0.25) is 0 Å². The molecule has 1 rings (SSSR count). The Balaban J connectivity index is 3.34. The number of amides is 2. The van der Waals surface area contributed by atoms with Gasteiger partial charge in [0.25, 0.3) is 0 Å². The molecule has 0 saturated heterocycles. The summed E-state index contributed by atoms with van der Waals surface area (Å²) in [6.07, 6.45) is -0.380. The third-order valence-corrected chi connectivity index (χ3v) is 8.54. The molecule has 2 amide bonds. The first-order chi connectivity index (χ1) is 21.9. The maximum absolute atomic E-state index is 13.3. The standard InChI is InChI=1S/C34H57N3O10/c1-20(2)23(14-22-10-11-28(46-8)29(15-22)47-13-9-12-45-7)16-25(37-26(32(42)43)18-30(39)40)27(38)17-24(21(3)4)31(41)36-19-34(5,6)33(35)44/h10-11,15,20-21,23-27,37-38H,9,12-14,16-19H2,1-8H3,(H2,35,44)(H,36,41)(H,39,40)(H,42,43)/t23-,24-,25-,26?,27-/m0/s1. The van der Waals surface area contributed by atoms with Crippen LogP contribution in [0.5, 0.6) is 11.5 Å². The van der Waals surface area contributed by atoms with Crippen molar-refractivity contribution in [3.8, 4) is 11.5 Å². The number of benzene rings is 1. The van der Waals surface area contributed by atoms with Crippen molar-refractivity contribution in [2.24, 2.45) is 34.8 Å². The molecule has 1 aromatic rings. The van der Waals surface area contributed by atoms with Crippen molar-refractivity contribution in [2.45, 2.75) is 91.8 Å². The summed E-state index contributed by atoms with van der Waals surface area (Å²) in [6.45, 7) is 12.0. The van der Waals surface area contributed by atoms with Gasteiger partial charge < -0.3 is 40.6 Å². The van der Waals surface area contributed by atoms with Gasteiger partial charge in [0.15, 0.2) is 11.5 Å². The molecule has 7 N–H and O–H groups in total. The van der Waals surface area contributed by atoms with E-state index in [0.29, 0.717) is 44.0 Å². The lowest BCUT2D eigenvalue weighted by Crippen LogP contribution is -2.52. The van der Waals surface area contributed by atoms with Crippen LogP contribution in [0.4, 0.5) is 0 Å². The van der Waals surface area contributed by atoms with E-state index in [1.54, 1.807) is 28.1 Å². The molecule has 0 aliphatic heterocycles. The largest absolute Gasteiger partial charge is 0.493 e. The summed E-state index contributed by atoms with van der Waals surface area (Å²) in [4.78, 5) is 48.6. The van der Waals surface area contributed by atoms with Gasteiger partial charge in [0, 0.05) is 38.6 Å². The molecule has 0 saturated carbocycles. The molecule has 1 aromatic carbocycles. The Morgan fingerprint density at radius 1 is 0.957 bits per heavy atom. The van der Waals surface area contributed by atoms with Crippen LogP contribution in [-0.4, -0.2) is 91.2 Å². The fourth-order valence-corrected chi connectivity index (χ4v) is 5.19. The Morgan fingerprint density at radius 3 is 2.13 bits per heavy atom. The fourth-order valence-electron chi connectivity index (χ4n) is 5.19. The Bertz CT molecular complexity index is 1160. The first-order valence-electron chi connectivity index (χ1n) is 16.2. The van der Waals surface area contributed by atoms with Crippen molar-refractivity contribution in [3.05, 3.63) is 23.8 Å². The lowest BCUT2D eigenvalue weighted by atomic mass is 9.80. The molecular weight excluding hydrogens is 610 g/mol. The number of aliphatic hydroxyl groups is 1. The number of carboxylic acid groups (broad SMARTS) is 2. The van der Waals surface area contributed by atoms with E-state index >= 15 is 0 Å². The summed E-state index contributed by atoms with van der Waals surface area (Å²) in [5.74, 6) is -3.33. The van der Waals surface area contributed by atoms with Crippen LogP contribution in [0.3, 0.4) is 0 Å². The van der Waals surface area contributed by atoms with Gasteiger partial charge in [-0.3, -0.25) is 24.5 Å². The maximum Gasteiger partial charge on any atom is 0.321 e. The molecule has 13 nitrogen and oxygen atoms in total. The van der Waals surface area contributed by atoms with E-state index in [-0.39, 0.29) is 36.6 Å². The topological polar surface area (TPSA) is 207 Å². The average molecular weight is 668 g/mol. The summed E-state index contributed by atoms with van der Waals surface area (Å²) in [7, 11) is 3.18. The highest BCUT2D eigenvalue weighted by Crippen LogP contribution is 2.32. The first kappa shape index (κ1) is 41.6. The number of primary amides is 1. The molecule has 268 valence electrons. The minimum Gasteiger partial charge on any atom is -0.493 e. The van der Waals surface area contributed by atoms with E-state index < -0.39 is 53.8 Å². The minimum atomic E-state index is -1.46. The van der Waals surface area contributed by atoms with Gasteiger partial charge in [-0.05, 0) is 68.6 Å². The molecule has 47 heavy (non-hydrogen) atoms. The van der Waals surface area contributed by atoms with Crippen molar-refractivity contribution in [1.29, 1.82) is 0 Å². The number of hydrogen-bond donors (Lipinski definition) is 6. The number of methoxy groups -OCH3 is 2. The molecule has 0 bridgehead atoms. The zero-order chi connectivity index (χ0) is 35.9. The van der Waals surface area contributed by atoms with E-state index in [2.05, 4.69) is 10.6 Å². The SMILES string of the molecule is COCCCOc1cc(C[C@@H](C[C@H](NC(CC(=O)O)C(=O)O)[C@@H](O)C[C@H](C(=O)NCC(C)(C)C(N)=O)C(C)C)C(C)C)ccc1OC.